The fourth-order valence-corrected chi connectivity index (χ4v) is 0. The average molecular weight is 97.9 g/mol. The predicted octanol–water partition coefficient (Wildman–Crippen LogP) is -0.105. The number of hydrogen-bond acceptors (Lipinski definition) is 2. The molecule has 0 aliphatic carbocycles. The van der Waals surface area contributed by atoms with Crippen LogP contribution in [0.15, 0.2) is 0 Å². The first kappa shape index (κ1) is 3.81. The molecule has 0 rings (SSSR count). The van der Waals surface area contributed by atoms with Gasteiger partial charge in [-0.2, -0.15) is 0 Å². The van der Waals surface area contributed by atoms with Crippen LogP contribution in [0.1, 0.15) is 0 Å². The third-order valence-corrected chi connectivity index (χ3v) is 0.133. The zero-order valence-corrected chi connectivity index (χ0v) is 2.81. The van der Waals surface area contributed by atoms with Crippen LogP contribution in [0.25, 0.3) is 0 Å². The molecule has 0 amide bonds. The van der Waals surface area contributed by atoms with Crippen LogP contribution in [-0.4, -0.2) is 0 Å². The van der Waals surface area contributed by atoms with E-state index < -0.39 is 14.9 Å². The maximum atomic E-state index is 8.94. The second kappa shape index (κ2) is 2.81. The van der Waals surface area contributed by atoms with Crippen LogP contribution in [0.3, 0.4) is 0 Å². The number of nitrogens with zero attached hydrogens (tertiary/aromatic N) is 1. The van der Waals surface area contributed by atoms with Crippen LogP contribution >= 0.6 is 0 Å². The Kier molecular flexibility index (Phi) is 2.68. The molecule has 0 aromatic heterocycles. The second-order valence-corrected chi connectivity index (χ2v) is 0.624. The van der Waals surface area contributed by atoms with Gasteiger partial charge in [0.2, 0.25) is 0 Å². The van der Waals surface area contributed by atoms with Gasteiger partial charge < -0.3 is 0 Å². The molecule has 0 fully saturated rings. The first-order valence-electron chi connectivity index (χ1n) is 0.545. The molecule has 0 aliphatic rings. The summed E-state index contributed by atoms with van der Waals surface area (Å²) in [4.78, 5) is 1.38. The fraction of sp³-hybridized carbons (Fsp3) is 0. The van der Waals surface area contributed by atoms with Gasteiger partial charge in [-0.15, -0.1) is 0 Å². The Hall–Kier alpha value is -0.191. The first-order valence-corrected chi connectivity index (χ1v) is 1.55. The van der Waals surface area contributed by atoms with Crippen LogP contribution in [0.5, 0.6) is 0 Å². The molecule has 3 heteroatoms. The van der Waals surface area contributed by atoms with Crippen LogP contribution in [-0.2, 0) is 18.7 Å². The van der Waals surface area contributed by atoms with Gasteiger partial charge in [0.1, 0.15) is 0 Å². The standard InChI is InChI=1S/CN.Fe.O/c1-2;;. The Morgan fingerprint density at radius 3 is 2.25 bits per heavy atom. The summed E-state index contributed by atoms with van der Waals surface area (Å²) in [5.41, 5.74) is 0. The Morgan fingerprint density at radius 1 is 2.00 bits per heavy atom. The molecule has 0 aromatic rings. The Morgan fingerprint density at radius 2 is 2.25 bits per heavy atom. The minimum atomic E-state index is -0.625. The third-order valence-electron chi connectivity index (χ3n) is 0.0323. The van der Waals surface area contributed by atoms with Crippen molar-refractivity contribution in [3.8, 4) is 4.97 Å². The van der Waals surface area contributed by atoms with E-state index in [0.717, 1.165) is 0 Å². The second-order valence-electron chi connectivity index (χ2n) is 0.151. The van der Waals surface area contributed by atoms with Crippen molar-refractivity contribution in [2.24, 2.45) is 0 Å². The topological polar surface area (TPSA) is 40.9 Å². The molecule has 23 valence electrons. The third kappa shape index (κ3) is 1.81. The molecule has 0 unspecified atom stereocenters. The van der Waals surface area contributed by atoms with E-state index in [1.807, 2.05) is 0 Å². The van der Waals surface area contributed by atoms with E-state index in [0.29, 0.717) is 0 Å². The summed E-state index contributed by atoms with van der Waals surface area (Å²) in [6, 6.07) is 0. The van der Waals surface area contributed by atoms with Crippen molar-refractivity contribution in [3.63, 3.8) is 0 Å². The summed E-state index contributed by atoms with van der Waals surface area (Å²) in [5, 5.41) is 7.31. The molecule has 0 N–H and O–H groups in total. The molecular weight excluding hydrogens is 97.9 g/mol. The zero-order valence-electron chi connectivity index (χ0n) is 1.71. The molecule has 0 bridgehead atoms. The monoisotopic (exact) mass is 97.9 g/mol. The van der Waals surface area contributed by atoms with Gasteiger partial charge in [0.15, 0.2) is 0 Å². The summed E-state index contributed by atoms with van der Waals surface area (Å²) in [7, 11) is 0. The minimum absolute atomic E-state index is 0.625. The molecule has 0 aromatic carbocycles. The van der Waals surface area contributed by atoms with Crippen molar-refractivity contribution in [2.75, 3.05) is 0 Å². The van der Waals surface area contributed by atoms with Crippen LogP contribution in [0, 0.1) is 10.2 Å². The Labute approximate surface area is 29.8 Å². The van der Waals surface area contributed by atoms with E-state index in [1.165, 1.54) is 4.97 Å². The molecular formula is CFeNO. The molecule has 0 atom stereocenters. The number of rotatable bonds is 0. The summed E-state index contributed by atoms with van der Waals surface area (Å²) < 4.78 is 8.94. The van der Waals surface area contributed by atoms with Crippen molar-refractivity contribution < 1.29 is 18.7 Å². The van der Waals surface area contributed by atoms with E-state index in [2.05, 4.69) is 0 Å². The molecule has 0 aliphatic heterocycles. The SMILES string of the molecule is N#[C][Fe]=[O]. The first-order chi connectivity index (χ1) is 1.91. The Bertz CT molecular complexity index is 53.5. The number of hydrogen-bond donors (Lipinski definition) is 0. The Balaban J connectivity index is 2.92. The van der Waals surface area contributed by atoms with Gasteiger partial charge in [0, 0.05) is 0 Å². The van der Waals surface area contributed by atoms with Gasteiger partial charge >= 0.3 is 29.0 Å². The van der Waals surface area contributed by atoms with Crippen molar-refractivity contribution in [2.45, 2.75) is 0 Å². The van der Waals surface area contributed by atoms with Crippen LogP contribution in [0.2, 0.25) is 0 Å². The van der Waals surface area contributed by atoms with E-state index in [1.54, 1.807) is 0 Å². The van der Waals surface area contributed by atoms with E-state index in [9.17, 15) is 0 Å². The van der Waals surface area contributed by atoms with Gasteiger partial charge in [-0.05, 0) is 0 Å². The average Bonchev–Trinajstić information content (AvgIpc) is 1.37. The van der Waals surface area contributed by atoms with Gasteiger partial charge in [-0.1, -0.05) is 0 Å². The molecule has 2 nitrogen and oxygen atoms in total. The van der Waals surface area contributed by atoms with Crippen molar-refractivity contribution >= 4 is 0 Å². The van der Waals surface area contributed by atoms with Gasteiger partial charge in [0.05, 0.1) is 0 Å². The molecule has 0 radical (unpaired) electrons. The number of nitriles is 1. The van der Waals surface area contributed by atoms with E-state index in [-0.39, 0.29) is 0 Å². The molecule has 0 heterocycles. The van der Waals surface area contributed by atoms with E-state index in [4.69, 9.17) is 9.10 Å². The van der Waals surface area contributed by atoms with Gasteiger partial charge in [0.25, 0.3) is 0 Å². The fourth-order valence-electron chi connectivity index (χ4n) is 0. The molecule has 4 heavy (non-hydrogen) atoms. The van der Waals surface area contributed by atoms with Gasteiger partial charge in [-0.3, -0.25) is 0 Å². The van der Waals surface area contributed by atoms with Gasteiger partial charge in [-0.25, -0.2) is 0 Å². The molecule has 0 saturated carbocycles. The maximum absolute atomic E-state index is 8.94. The summed E-state index contributed by atoms with van der Waals surface area (Å²) in [6.45, 7) is 0. The summed E-state index contributed by atoms with van der Waals surface area (Å²) in [6.07, 6.45) is 0. The van der Waals surface area contributed by atoms with Crippen LogP contribution < -0.4 is 0 Å². The summed E-state index contributed by atoms with van der Waals surface area (Å²) in [5.74, 6) is 0. The normalized spacial score (nSPS) is 4.75. The quantitative estimate of drug-likeness (QED) is 0.396. The van der Waals surface area contributed by atoms with E-state index >= 15 is 0 Å². The van der Waals surface area contributed by atoms with Crippen molar-refractivity contribution in [1.82, 2.24) is 0 Å². The zero-order chi connectivity index (χ0) is 3.41. The predicted molar refractivity (Wildman–Crippen MR) is 6.30 cm³/mol. The van der Waals surface area contributed by atoms with Crippen molar-refractivity contribution in [3.05, 3.63) is 0 Å². The van der Waals surface area contributed by atoms with Crippen LogP contribution in [0.4, 0.5) is 0 Å². The molecule has 0 spiro atoms. The summed E-state index contributed by atoms with van der Waals surface area (Å²) >= 11 is -0.625. The van der Waals surface area contributed by atoms with Crippen molar-refractivity contribution in [1.29, 1.82) is 5.26 Å². The molecule has 0 saturated heterocycles.